The van der Waals surface area contributed by atoms with Crippen LogP contribution in [0.1, 0.15) is 27.2 Å². The molecular weight excluding hydrogens is 186 g/mol. The van der Waals surface area contributed by atoms with Gasteiger partial charge in [0.1, 0.15) is 0 Å². The summed E-state index contributed by atoms with van der Waals surface area (Å²) >= 11 is 4.76. The molecule has 0 amide bonds. The van der Waals surface area contributed by atoms with Crippen LogP contribution in [0.15, 0.2) is 0 Å². The van der Waals surface area contributed by atoms with Gasteiger partial charge in [-0.25, -0.2) is 0 Å². The van der Waals surface area contributed by atoms with Crippen LogP contribution >= 0.6 is 12.2 Å². The number of hydrogen-bond donors (Lipinski definition) is 1. The van der Waals surface area contributed by atoms with Gasteiger partial charge in [0.05, 0.1) is 30.4 Å². The minimum absolute atomic E-state index is 0.0910. The highest BCUT2D eigenvalue weighted by molar-refractivity contribution is 7.80. The monoisotopic (exact) mass is 205 g/mol. The summed E-state index contributed by atoms with van der Waals surface area (Å²) in [5.74, 6) is 0. The molecular formula is C9H19NO2S. The lowest BCUT2D eigenvalue weighted by molar-refractivity contribution is -0.00426. The van der Waals surface area contributed by atoms with Crippen molar-refractivity contribution < 1.29 is 9.47 Å². The second-order valence-corrected chi connectivity index (χ2v) is 3.80. The summed E-state index contributed by atoms with van der Waals surface area (Å²) in [6.07, 6.45) is 0.986. The van der Waals surface area contributed by atoms with Crippen LogP contribution in [-0.2, 0) is 9.47 Å². The summed E-state index contributed by atoms with van der Waals surface area (Å²) in [5, 5.41) is 0. The zero-order valence-electron chi connectivity index (χ0n) is 8.58. The van der Waals surface area contributed by atoms with Gasteiger partial charge in [0, 0.05) is 6.42 Å². The second kappa shape index (κ2) is 7.24. The second-order valence-electron chi connectivity index (χ2n) is 3.27. The van der Waals surface area contributed by atoms with Gasteiger partial charge in [-0.1, -0.05) is 12.2 Å². The first kappa shape index (κ1) is 12.8. The predicted molar refractivity (Wildman–Crippen MR) is 57.9 cm³/mol. The number of nitrogens with two attached hydrogens (primary N) is 1. The number of ether oxygens (including phenoxy) is 2. The van der Waals surface area contributed by atoms with E-state index in [0.717, 1.165) is 0 Å². The lowest BCUT2D eigenvalue weighted by Gasteiger charge is -2.13. The Morgan fingerprint density at radius 1 is 1.23 bits per heavy atom. The Morgan fingerprint density at radius 3 is 2.23 bits per heavy atom. The maximum atomic E-state index is 5.41. The molecule has 0 saturated carbocycles. The van der Waals surface area contributed by atoms with E-state index in [0.29, 0.717) is 24.6 Å². The van der Waals surface area contributed by atoms with Gasteiger partial charge in [-0.3, -0.25) is 0 Å². The molecule has 0 aliphatic heterocycles. The van der Waals surface area contributed by atoms with E-state index in [2.05, 4.69) is 0 Å². The molecule has 1 atom stereocenters. The third kappa shape index (κ3) is 9.73. The fourth-order valence-electron chi connectivity index (χ4n) is 0.875. The van der Waals surface area contributed by atoms with Gasteiger partial charge in [-0.05, 0) is 20.8 Å². The molecule has 4 heteroatoms. The zero-order valence-corrected chi connectivity index (χ0v) is 9.39. The van der Waals surface area contributed by atoms with Crippen LogP contribution in [0, 0.1) is 0 Å². The van der Waals surface area contributed by atoms with Crippen LogP contribution in [-0.4, -0.2) is 30.4 Å². The summed E-state index contributed by atoms with van der Waals surface area (Å²) in [5.41, 5.74) is 5.37. The first-order chi connectivity index (χ1) is 6.02. The molecule has 1 unspecified atom stereocenters. The molecule has 0 spiro atoms. The third-order valence-corrected chi connectivity index (χ3v) is 1.59. The standard InChI is InChI=1S/C9H19NO2S/c1-7(2)11-4-5-12-8(3)6-9(10)13/h7-8H,4-6H2,1-3H3,(H2,10,13). The van der Waals surface area contributed by atoms with Crippen LogP contribution in [0.3, 0.4) is 0 Å². The van der Waals surface area contributed by atoms with Crippen LogP contribution in [0.25, 0.3) is 0 Å². The summed E-state index contributed by atoms with van der Waals surface area (Å²) in [4.78, 5) is 0.497. The highest BCUT2D eigenvalue weighted by Gasteiger charge is 2.03. The van der Waals surface area contributed by atoms with Crippen LogP contribution in [0.2, 0.25) is 0 Å². The van der Waals surface area contributed by atoms with Crippen molar-refractivity contribution in [2.75, 3.05) is 13.2 Å². The van der Waals surface area contributed by atoms with E-state index in [-0.39, 0.29) is 12.2 Å². The molecule has 13 heavy (non-hydrogen) atoms. The molecule has 0 rings (SSSR count). The largest absolute Gasteiger partial charge is 0.393 e. The predicted octanol–water partition coefficient (Wildman–Crippen LogP) is 1.49. The Kier molecular flexibility index (Phi) is 7.13. The van der Waals surface area contributed by atoms with E-state index in [1.165, 1.54) is 0 Å². The van der Waals surface area contributed by atoms with Crippen LogP contribution in [0.5, 0.6) is 0 Å². The van der Waals surface area contributed by atoms with Crippen molar-refractivity contribution in [3.63, 3.8) is 0 Å². The average Bonchev–Trinajstić information content (AvgIpc) is 1.96. The van der Waals surface area contributed by atoms with E-state index in [1.807, 2.05) is 20.8 Å². The van der Waals surface area contributed by atoms with Gasteiger partial charge >= 0.3 is 0 Å². The zero-order chi connectivity index (χ0) is 10.3. The van der Waals surface area contributed by atoms with Gasteiger partial charge in [0.25, 0.3) is 0 Å². The van der Waals surface area contributed by atoms with Gasteiger partial charge in [0.15, 0.2) is 0 Å². The Morgan fingerprint density at radius 2 is 1.77 bits per heavy atom. The van der Waals surface area contributed by atoms with E-state index in [9.17, 15) is 0 Å². The number of hydrogen-bond acceptors (Lipinski definition) is 3. The van der Waals surface area contributed by atoms with Gasteiger partial charge in [-0.2, -0.15) is 0 Å². The lowest BCUT2D eigenvalue weighted by Crippen LogP contribution is -2.20. The van der Waals surface area contributed by atoms with Gasteiger partial charge in [-0.15, -0.1) is 0 Å². The van der Waals surface area contributed by atoms with Crippen molar-refractivity contribution >= 4 is 17.2 Å². The Hall–Kier alpha value is -0.190. The van der Waals surface area contributed by atoms with Crippen molar-refractivity contribution in [2.45, 2.75) is 39.4 Å². The Bertz CT molecular complexity index is 151. The highest BCUT2D eigenvalue weighted by Crippen LogP contribution is 1.97. The molecule has 0 aliphatic rings. The maximum absolute atomic E-state index is 5.41. The number of thiocarbonyl (C=S) groups is 1. The quantitative estimate of drug-likeness (QED) is 0.505. The van der Waals surface area contributed by atoms with E-state index < -0.39 is 0 Å². The fourth-order valence-corrected chi connectivity index (χ4v) is 1.11. The molecule has 0 fully saturated rings. The fraction of sp³-hybridized carbons (Fsp3) is 0.889. The topological polar surface area (TPSA) is 44.5 Å². The van der Waals surface area contributed by atoms with E-state index in [1.54, 1.807) is 0 Å². The minimum atomic E-state index is 0.0910. The van der Waals surface area contributed by atoms with Gasteiger partial charge in [0.2, 0.25) is 0 Å². The van der Waals surface area contributed by atoms with Crippen LogP contribution < -0.4 is 5.73 Å². The number of rotatable bonds is 7. The molecule has 0 aromatic heterocycles. The SMILES string of the molecule is CC(C)OCCOC(C)CC(N)=S. The average molecular weight is 205 g/mol. The van der Waals surface area contributed by atoms with Gasteiger partial charge < -0.3 is 15.2 Å². The van der Waals surface area contributed by atoms with Crippen molar-refractivity contribution in [3.8, 4) is 0 Å². The first-order valence-corrected chi connectivity index (χ1v) is 4.94. The van der Waals surface area contributed by atoms with E-state index >= 15 is 0 Å². The minimum Gasteiger partial charge on any atom is -0.393 e. The Balaban J connectivity index is 3.26. The summed E-state index contributed by atoms with van der Waals surface area (Å²) in [6, 6.07) is 0. The summed E-state index contributed by atoms with van der Waals surface area (Å²) in [6.45, 7) is 7.17. The summed E-state index contributed by atoms with van der Waals surface area (Å²) < 4.78 is 10.7. The third-order valence-electron chi connectivity index (χ3n) is 1.43. The molecule has 0 radical (unpaired) electrons. The van der Waals surface area contributed by atoms with Crippen molar-refractivity contribution in [3.05, 3.63) is 0 Å². The molecule has 3 nitrogen and oxygen atoms in total. The van der Waals surface area contributed by atoms with E-state index in [4.69, 9.17) is 27.4 Å². The van der Waals surface area contributed by atoms with Crippen molar-refractivity contribution in [2.24, 2.45) is 5.73 Å². The van der Waals surface area contributed by atoms with Crippen molar-refractivity contribution in [1.82, 2.24) is 0 Å². The van der Waals surface area contributed by atoms with Crippen LogP contribution in [0.4, 0.5) is 0 Å². The highest BCUT2D eigenvalue weighted by atomic mass is 32.1. The molecule has 2 N–H and O–H groups in total. The molecule has 0 aromatic carbocycles. The molecule has 0 aliphatic carbocycles. The smallest absolute Gasteiger partial charge is 0.0753 e. The first-order valence-electron chi connectivity index (χ1n) is 4.54. The molecule has 0 bridgehead atoms. The lowest BCUT2D eigenvalue weighted by atomic mass is 10.3. The molecule has 78 valence electrons. The normalized spacial score (nSPS) is 13.2. The molecule has 0 saturated heterocycles. The Labute approximate surface area is 85.6 Å². The molecule has 0 heterocycles. The summed E-state index contributed by atoms with van der Waals surface area (Å²) in [7, 11) is 0. The van der Waals surface area contributed by atoms with Crippen molar-refractivity contribution in [1.29, 1.82) is 0 Å². The maximum Gasteiger partial charge on any atom is 0.0753 e. The molecule has 0 aromatic rings.